The predicted octanol–water partition coefficient (Wildman–Crippen LogP) is 6.56. The Balaban J connectivity index is 1.44. The van der Waals surface area contributed by atoms with Gasteiger partial charge in [-0.2, -0.15) is 4.68 Å². The van der Waals surface area contributed by atoms with Crippen LogP contribution in [-0.2, 0) is 12.1 Å². The normalized spacial score (nSPS) is 11.5. The number of rotatable bonds is 9. The van der Waals surface area contributed by atoms with Crippen molar-refractivity contribution in [2.45, 2.75) is 45.8 Å². The Morgan fingerprint density at radius 1 is 0.907 bits per heavy atom. The molecule has 0 aliphatic heterocycles. The number of amides is 2. The molecule has 10 heteroatoms. The minimum absolute atomic E-state index is 0.146. The van der Waals surface area contributed by atoms with Gasteiger partial charge in [0, 0.05) is 18.2 Å². The van der Waals surface area contributed by atoms with Crippen LogP contribution in [0.3, 0.4) is 0 Å². The standard InChI is InChI=1S/C33H33N5O4S/c1-21(2)34-20-22-15-17-23(18-16-22)29(39)35-28-26-19-27(30(40)36-33(3,4)24-11-7-5-8-12-24)43-31(26)38(37-28)32(41)42-25-13-9-6-10-14-25/h5-19,21,34H,20H2,1-4H3,(H,36,40)(H,35,37,39). The molecule has 0 spiro atoms. The van der Waals surface area contributed by atoms with E-state index in [9.17, 15) is 14.4 Å². The highest BCUT2D eigenvalue weighted by Crippen LogP contribution is 2.33. The fraction of sp³-hybridized carbons (Fsp3) is 0.212. The summed E-state index contributed by atoms with van der Waals surface area (Å²) in [7, 11) is 0. The lowest BCUT2D eigenvalue weighted by Crippen LogP contribution is -2.40. The molecule has 2 amide bonds. The Kier molecular flexibility index (Phi) is 8.70. The van der Waals surface area contributed by atoms with Gasteiger partial charge in [0.25, 0.3) is 11.8 Å². The number of benzene rings is 3. The molecule has 0 saturated carbocycles. The number of carbonyl (C=O) groups is 3. The second-order valence-corrected chi connectivity index (χ2v) is 11.9. The number of nitrogens with zero attached hydrogens (tertiary/aromatic N) is 2. The lowest BCUT2D eigenvalue weighted by atomic mass is 9.94. The van der Waals surface area contributed by atoms with Crippen LogP contribution in [0.2, 0.25) is 0 Å². The van der Waals surface area contributed by atoms with Gasteiger partial charge < -0.3 is 20.7 Å². The summed E-state index contributed by atoms with van der Waals surface area (Å²) >= 11 is 1.09. The summed E-state index contributed by atoms with van der Waals surface area (Å²) in [6.07, 6.45) is -0.767. The number of ether oxygens (including phenoxy) is 1. The third-order valence-electron chi connectivity index (χ3n) is 6.79. The van der Waals surface area contributed by atoms with Crippen molar-refractivity contribution in [3.8, 4) is 5.75 Å². The zero-order valence-electron chi connectivity index (χ0n) is 24.4. The Morgan fingerprint density at radius 2 is 1.56 bits per heavy atom. The van der Waals surface area contributed by atoms with Gasteiger partial charge in [-0.15, -0.1) is 16.4 Å². The summed E-state index contributed by atoms with van der Waals surface area (Å²) in [4.78, 5) is 40.6. The molecule has 2 aromatic heterocycles. The van der Waals surface area contributed by atoms with Gasteiger partial charge in [-0.25, -0.2) is 4.79 Å². The predicted molar refractivity (Wildman–Crippen MR) is 169 cm³/mol. The molecule has 0 aliphatic rings. The Morgan fingerprint density at radius 3 is 2.21 bits per heavy atom. The van der Waals surface area contributed by atoms with E-state index < -0.39 is 17.5 Å². The van der Waals surface area contributed by atoms with Crippen molar-refractivity contribution < 1.29 is 19.1 Å². The van der Waals surface area contributed by atoms with E-state index in [4.69, 9.17) is 4.74 Å². The van der Waals surface area contributed by atoms with Crippen molar-refractivity contribution >= 4 is 45.3 Å². The molecule has 2 heterocycles. The lowest BCUT2D eigenvalue weighted by molar-refractivity contribution is 0.0915. The van der Waals surface area contributed by atoms with Crippen LogP contribution in [0.25, 0.3) is 10.2 Å². The number of hydrogen-bond donors (Lipinski definition) is 3. The molecule has 3 aromatic carbocycles. The Hall–Kier alpha value is -4.80. The monoisotopic (exact) mass is 595 g/mol. The summed E-state index contributed by atoms with van der Waals surface area (Å²) in [5.74, 6) is -0.226. The quantitative estimate of drug-likeness (QED) is 0.178. The van der Waals surface area contributed by atoms with Crippen LogP contribution in [-0.4, -0.2) is 33.7 Å². The number of thiophene rings is 1. The van der Waals surface area contributed by atoms with E-state index in [1.165, 1.54) is 0 Å². The number of carbonyl (C=O) groups excluding carboxylic acids is 3. The van der Waals surface area contributed by atoms with Crippen molar-refractivity contribution in [2.75, 3.05) is 5.32 Å². The summed E-state index contributed by atoms with van der Waals surface area (Å²) in [5, 5.41) is 14.1. The molecule has 5 aromatic rings. The van der Waals surface area contributed by atoms with Crippen molar-refractivity contribution in [2.24, 2.45) is 0 Å². The topological polar surface area (TPSA) is 114 Å². The molecule has 0 atom stereocenters. The first kappa shape index (κ1) is 29.7. The van der Waals surface area contributed by atoms with Gasteiger partial charge in [-0.1, -0.05) is 74.5 Å². The number of anilines is 1. The highest BCUT2D eigenvalue weighted by molar-refractivity contribution is 7.20. The van der Waals surface area contributed by atoms with Crippen molar-refractivity contribution in [1.29, 1.82) is 0 Å². The number of para-hydroxylation sites is 1. The number of nitrogens with one attached hydrogen (secondary N) is 3. The molecule has 9 nitrogen and oxygen atoms in total. The van der Waals surface area contributed by atoms with Crippen molar-refractivity contribution in [1.82, 2.24) is 20.4 Å². The second-order valence-electron chi connectivity index (χ2n) is 10.9. The van der Waals surface area contributed by atoms with Crippen LogP contribution in [0.15, 0.2) is 91.0 Å². The molecule has 0 unspecified atom stereocenters. The fourth-order valence-corrected chi connectivity index (χ4v) is 5.41. The lowest BCUT2D eigenvalue weighted by Gasteiger charge is -2.26. The van der Waals surface area contributed by atoms with Gasteiger partial charge in [0.1, 0.15) is 10.6 Å². The molecule has 0 fully saturated rings. The summed E-state index contributed by atoms with van der Waals surface area (Å²) < 4.78 is 6.59. The van der Waals surface area contributed by atoms with E-state index in [1.807, 2.05) is 62.4 Å². The van der Waals surface area contributed by atoms with Crippen molar-refractivity contribution in [3.05, 3.63) is 113 Å². The van der Waals surface area contributed by atoms with Crippen LogP contribution >= 0.6 is 11.3 Å². The minimum Gasteiger partial charge on any atom is -0.409 e. The molecular formula is C33H33N5O4S. The zero-order valence-corrected chi connectivity index (χ0v) is 25.2. The summed E-state index contributed by atoms with van der Waals surface area (Å²) in [6, 6.07) is 27.5. The van der Waals surface area contributed by atoms with Gasteiger partial charge in [-0.05, 0) is 55.3 Å². The van der Waals surface area contributed by atoms with Crippen LogP contribution in [0.1, 0.15) is 58.9 Å². The average Bonchev–Trinajstić information content (AvgIpc) is 3.58. The van der Waals surface area contributed by atoms with Crippen molar-refractivity contribution in [3.63, 3.8) is 0 Å². The van der Waals surface area contributed by atoms with E-state index in [0.717, 1.165) is 27.1 Å². The second kappa shape index (κ2) is 12.6. The van der Waals surface area contributed by atoms with E-state index in [2.05, 4.69) is 34.9 Å². The maximum atomic E-state index is 13.4. The highest BCUT2D eigenvalue weighted by atomic mass is 32.1. The fourth-order valence-electron chi connectivity index (χ4n) is 4.42. The van der Waals surface area contributed by atoms with Crippen LogP contribution in [0, 0.1) is 0 Å². The highest BCUT2D eigenvalue weighted by Gasteiger charge is 2.27. The zero-order chi connectivity index (χ0) is 30.6. The number of fused-ring (bicyclic) bond motifs is 1. The van der Waals surface area contributed by atoms with Gasteiger partial charge in [0.15, 0.2) is 5.82 Å². The molecule has 0 bridgehead atoms. The first-order valence-electron chi connectivity index (χ1n) is 13.9. The molecule has 43 heavy (non-hydrogen) atoms. The van der Waals surface area contributed by atoms with Crippen LogP contribution in [0.5, 0.6) is 5.75 Å². The SMILES string of the molecule is CC(C)NCc1ccc(C(=O)Nc2nn(C(=O)Oc3ccccc3)c3sc(C(=O)NC(C)(C)c4ccccc4)cc23)cc1. The first-order chi connectivity index (χ1) is 20.6. The maximum absolute atomic E-state index is 13.4. The van der Waals surface area contributed by atoms with E-state index in [1.54, 1.807) is 42.5 Å². The molecule has 0 aliphatic carbocycles. The molecule has 5 rings (SSSR count). The Bertz CT molecular complexity index is 1740. The maximum Gasteiger partial charge on any atom is 0.441 e. The smallest absolute Gasteiger partial charge is 0.409 e. The number of hydrogen-bond acceptors (Lipinski definition) is 7. The molecule has 220 valence electrons. The molecular weight excluding hydrogens is 562 g/mol. The third kappa shape index (κ3) is 6.99. The van der Waals surface area contributed by atoms with Gasteiger partial charge in [-0.3, -0.25) is 9.59 Å². The van der Waals surface area contributed by atoms with Gasteiger partial charge in [0.2, 0.25) is 0 Å². The summed E-state index contributed by atoms with van der Waals surface area (Å²) in [5.41, 5.74) is 1.77. The Labute approximate surface area is 253 Å². The summed E-state index contributed by atoms with van der Waals surface area (Å²) in [6.45, 7) is 8.67. The van der Waals surface area contributed by atoms with Crippen LogP contribution < -0.4 is 20.7 Å². The van der Waals surface area contributed by atoms with Gasteiger partial charge in [0.05, 0.1) is 15.8 Å². The molecule has 0 radical (unpaired) electrons. The van der Waals surface area contributed by atoms with E-state index >= 15 is 0 Å². The largest absolute Gasteiger partial charge is 0.441 e. The first-order valence-corrected chi connectivity index (χ1v) is 14.7. The molecule has 0 saturated heterocycles. The minimum atomic E-state index is -0.767. The van der Waals surface area contributed by atoms with Gasteiger partial charge >= 0.3 is 6.09 Å². The van der Waals surface area contributed by atoms with E-state index in [-0.39, 0.29) is 11.7 Å². The number of aromatic nitrogens is 2. The van der Waals surface area contributed by atoms with Crippen LogP contribution in [0.4, 0.5) is 10.6 Å². The average molecular weight is 596 g/mol. The molecule has 3 N–H and O–H groups in total. The third-order valence-corrected chi connectivity index (χ3v) is 7.90. The van der Waals surface area contributed by atoms with E-state index in [0.29, 0.717) is 39.0 Å².